The molecule has 0 aliphatic heterocycles. The molecule has 3 aromatic rings. The van der Waals surface area contributed by atoms with Crippen LogP contribution in [0.2, 0.25) is 0 Å². The highest BCUT2D eigenvalue weighted by atomic mass is 32.1. The molecule has 0 saturated carbocycles. The second kappa shape index (κ2) is 3.59. The van der Waals surface area contributed by atoms with Gasteiger partial charge in [-0.05, 0) is 23.6 Å². The lowest BCUT2D eigenvalue weighted by Gasteiger charge is -1.86. The van der Waals surface area contributed by atoms with Crippen LogP contribution in [0.3, 0.4) is 0 Å². The zero-order valence-electron chi connectivity index (χ0n) is 8.06. The molecule has 0 radical (unpaired) electrons. The van der Waals surface area contributed by atoms with Crippen LogP contribution in [0, 0.1) is 11.3 Å². The SMILES string of the molecule is N#Cc1sc(-c2cc3sccc3s2)cc1N. The lowest BCUT2D eigenvalue weighted by Crippen LogP contribution is -1.81. The maximum Gasteiger partial charge on any atom is 0.128 e. The first-order chi connectivity index (χ1) is 7.78. The van der Waals surface area contributed by atoms with Crippen LogP contribution in [-0.2, 0) is 0 Å². The van der Waals surface area contributed by atoms with Gasteiger partial charge in [-0.2, -0.15) is 5.26 Å². The zero-order chi connectivity index (χ0) is 11.1. The summed E-state index contributed by atoms with van der Waals surface area (Å²) >= 11 is 4.94. The molecule has 0 aliphatic carbocycles. The summed E-state index contributed by atoms with van der Waals surface area (Å²) in [6, 6.07) is 8.29. The van der Waals surface area contributed by atoms with Crippen LogP contribution in [0.25, 0.3) is 19.2 Å². The molecule has 0 atom stereocenters. The van der Waals surface area contributed by atoms with Crippen LogP contribution in [0.4, 0.5) is 5.69 Å². The van der Waals surface area contributed by atoms with E-state index >= 15 is 0 Å². The normalized spacial score (nSPS) is 10.7. The van der Waals surface area contributed by atoms with Crippen molar-refractivity contribution in [3.63, 3.8) is 0 Å². The number of rotatable bonds is 1. The van der Waals surface area contributed by atoms with Gasteiger partial charge in [-0.15, -0.1) is 34.0 Å². The van der Waals surface area contributed by atoms with E-state index in [1.54, 1.807) is 22.7 Å². The molecule has 2 nitrogen and oxygen atoms in total. The van der Waals surface area contributed by atoms with Crippen molar-refractivity contribution in [2.45, 2.75) is 0 Å². The molecule has 3 heterocycles. The van der Waals surface area contributed by atoms with E-state index in [1.165, 1.54) is 25.6 Å². The molecule has 0 saturated heterocycles. The first kappa shape index (κ1) is 9.85. The maximum absolute atomic E-state index is 8.86. The summed E-state index contributed by atoms with van der Waals surface area (Å²) in [7, 11) is 0. The van der Waals surface area contributed by atoms with Gasteiger partial charge in [-0.25, -0.2) is 0 Å². The third-order valence-corrected chi connectivity index (χ3v) is 5.59. The van der Waals surface area contributed by atoms with Crippen LogP contribution >= 0.6 is 34.0 Å². The van der Waals surface area contributed by atoms with Gasteiger partial charge in [0, 0.05) is 19.2 Å². The Morgan fingerprint density at radius 2 is 1.94 bits per heavy atom. The zero-order valence-corrected chi connectivity index (χ0v) is 10.5. The van der Waals surface area contributed by atoms with E-state index in [9.17, 15) is 0 Å². The van der Waals surface area contributed by atoms with E-state index in [4.69, 9.17) is 11.0 Å². The second-order valence-corrected chi connectivity index (χ2v) is 6.35. The molecule has 0 spiro atoms. The van der Waals surface area contributed by atoms with Crippen molar-refractivity contribution in [3.05, 3.63) is 28.5 Å². The monoisotopic (exact) mass is 262 g/mol. The lowest BCUT2D eigenvalue weighted by molar-refractivity contribution is 1.52. The molecule has 5 heteroatoms. The van der Waals surface area contributed by atoms with Crippen molar-refractivity contribution in [2.24, 2.45) is 0 Å². The van der Waals surface area contributed by atoms with Crippen molar-refractivity contribution >= 4 is 49.1 Å². The molecule has 0 unspecified atom stereocenters. The van der Waals surface area contributed by atoms with Crippen LogP contribution in [0.5, 0.6) is 0 Å². The van der Waals surface area contributed by atoms with Gasteiger partial charge in [-0.1, -0.05) is 0 Å². The fourth-order valence-electron chi connectivity index (χ4n) is 1.50. The third kappa shape index (κ3) is 1.43. The quantitative estimate of drug-likeness (QED) is 0.716. The number of nitrogen functional groups attached to an aromatic ring is 1. The average Bonchev–Trinajstić information content (AvgIpc) is 2.88. The number of thiophene rings is 3. The van der Waals surface area contributed by atoms with Gasteiger partial charge in [0.25, 0.3) is 0 Å². The highest BCUT2D eigenvalue weighted by Crippen LogP contribution is 2.40. The predicted octanol–water partition coefficient (Wildman–Crippen LogP) is 4.15. The Kier molecular flexibility index (Phi) is 2.21. The summed E-state index contributed by atoms with van der Waals surface area (Å²) in [5.74, 6) is 0. The lowest BCUT2D eigenvalue weighted by atomic mass is 10.3. The van der Waals surface area contributed by atoms with Crippen molar-refractivity contribution in [3.8, 4) is 15.8 Å². The second-order valence-electron chi connectivity index (χ2n) is 3.27. The predicted molar refractivity (Wildman–Crippen MR) is 72.1 cm³/mol. The van der Waals surface area contributed by atoms with E-state index in [0.29, 0.717) is 10.6 Å². The molecule has 78 valence electrons. The molecular weight excluding hydrogens is 256 g/mol. The molecule has 0 aromatic carbocycles. The van der Waals surface area contributed by atoms with Gasteiger partial charge < -0.3 is 5.73 Å². The molecule has 0 bridgehead atoms. The van der Waals surface area contributed by atoms with Crippen LogP contribution < -0.4 is 5.73 Å². The number of anilines is 1. The Hall–Kier alpha value is -1.35. The van der Waals surface area contributed by atoms with E-state index in [0.717, 1.165) is 4.88 Å². The molecule has 0 aliphatic rings. The van der Waals surface area contributed by atoms with Gasteiger partial charge in [-0.3, -0.25) is 0 Å². The van der Waals surface area contributed by atoms with Crippen LogP contribution in [0.15, 0.2) is 23.6 Å². The average molecular weight is 262 g/mol. The van der Waals surface area contributed by atoms with E-state index < -0.39 is 0 Å². The Labute approximate surface area is 104 Å². The molecule has 2 N–H and O–H groups in total. The number of fused-ring (bicyclic) bond motifs is 1. The number of hydrogen-bond acceptors (Lipinski definition) is 5. The van der Waals surface area contributed by atoms with E-state index in [1.807, 2.05) is 6.07 Å². The van der Waals surface area contributed by atoms with Gasteiger partial charge in [0.1, 0.15) is 10.9 Å². The molecule has 3 aromatic heterocycles. The largest absolute Gasteiger partial charge is 0.397 e. The Morgan fingerprint density at radius 3 is 2.62 bits per heavy atom. The van der Waals surface area contributed by atoms with Crippen molar-refractivity contribution in [1.82, 2.24) is 0 Å². The molecule has 3 rings (SSSR count). The minimum atomic E-state index is 0.583. The maximum atomic E-state index is 8.86. The summed E-state index contributed by atoms with van der Waals surface area (Å²) in [6.07, 6.45) is 0. The van der Waals surface area contributed by atoms with Crippen LogP contribution in [0.1, 0.15) is 4.88 Å². The highest BCUT2D eigenvalue weighted by Gasteiger charge is 2.10. The summed E-state index contributed by atoms with van der Waals surface area (Å²) < 4.78 is 2.59. The van der Waals surface area contributed by atoms with E-state index in [-0.39, 0.29) is 0 Å². The number of nitriles is 1. The Balaban J connectivity index is 2.16. The summed E-state index contributed by atoms with van der Waals surface area (Å²) in [5, 5.41) is 11.0. The van der Waals surface area contributed by atoms with Crippen molar-refractivity contribution < 1.29 is 0 Å². The van der Waals surface area contributed by atoms with Gasteiger partial charge in [0.2, 0.25) is 0 Å². The third-order valence-electron chi connectivity index (χ3n) is 2.24. The topological polar surface area (TPSA) is 49.8 Å². The molecule has 16 heavy (non-hydrogen) atoms. The van der Waals surface area contributed by atoms with Gasteiger partial charge in [0.15, 0.2) is 0 Å². The first-order valence-electron chi connectivity index (χ1n) is 4.55. The number of hydrogen-bond donors (Lipinski definition) is 1. The fraction of sp³-hybridized carbons (Fsp3) is 0. The Bertz CT molecular complexity index is 668. The van der Waals surface area contributed by atoms with Gasteiger partial charge in [0.05, 0.1) is 5.69 Å². The summed E-state index contributed by atoms with van der Waals surface area (Å²) in [5.41, 5.74) is 6.34. The minimum absolute atomic E-state index is 0.583. The fourth-order valence-corrected chi connectivity index (χ4v) is 4.56. The smallest absolute Gasteiger partial charge is 0.128 e. The highest BCUT2D eigenvalue weighted by molar-refractivity contribution is 7.30. The van der Waals surface area contributed by atoms with E-state index in [2.05, 4.69) is 23.6 Å². The Morgan fingerprint density at radius 1 is 1.12 bits per heavy atom. The molecular formula is C11H6N2S3. The molecule has 0 amide bonds. The van der Waals surface area contributed by atoms with Crippen molar-refractivity contribution in [2.75, 3.05) is 5.73 Å². The number of nitrogens with zero attached hydrogens (tertiary/aromatic N) is 1. The first-order valence-corrected chi connectivity index (χ1v) is 7.06. The number of nitrogens with two attached hydrogens (primary N) is 1. The standard InChI is InChI=1S/C11H6N2S3/c12-5-11-6(13)3-9(16-11)10-4-8-7(15-10)1-2-14-8/h1-4H,13H2. The van der Waals surface area contributed by atoms with Gasteiger partial charge >= 0.3 is 0 Å². The van der Waals surface area contributed by atoms with Crippen LogP contribution in [-0.4, -0.2) is 0 Å². The molecule has 0 fully saturated rings. The van der Waals surface area contributed by atoms with Crippen molar-refractivity contribution in [1.29, 1.82) is 5.26 Å². The summed E-state index contributed by atoms with van der Waals surface area (Å²) in [6.45, 7) is 0. The minimum Gasteiger partial charge on any atom is -0.397 e. The summed E-state index contributed by atoms with van der Waals surface area (Å²) in [4.78, 5) is 2.88.